The van der Waals surface area contributed by atoms with Crippen LogP contribution in [0.1, 0.15) is 56.9 Å². The molecule has 0 aliphatic heterocycles. The minimum atomic E-state index is 0.622. The Kier molecular flexibility index (Phi) is 5.05. The fourth-order valence-corrected chi connectivity index (χ4v) is 3.68. The SMILES string of the molecule is CC(C)CCNC(c1cccs1)C1CCCC1. The minimum absolute atomic E-state index is 0.622. The van der Waals surface area contributed by atoms with Crippen molar-refractivity contribution in [2.45, 2.75) is 52.0 Å². The molecule has 1 nitrogen and oxygen atoms in total. The van der Waals surface area contributed by atoms with E-state index < -0.39 is 0 Å². The molecule has 1 aliphatic carbocycles. The maximum Gasteiger partial charge on any atom is 0.0443 e. The second-order valence-electron chi connectivity index (χ2n) is 5.67. The molecule has 17 heavy (non-hydrogen) atoms. The molecule has 1 atom stereocenters. The van der Waals surface area contributed by atoms with E-state index in [0.29, 0.717) is 6.04 Å². The predicted molar refractivity (Wildman–Crippen MR) is 76.5 cm³/mol. The fraction of sp³-hybridized carbons (Fsp3) is 0.733. The molecule has 1 aromatic heterocycles. The molecule has 2 heteroatoms. The van der Waals surface area contributed by atoms with E-state index in [2.05, 4.69) is 36.7 Å². The van der Waals surface area contributed by atoms with Crippen molar-refractivity contribution in [3.8, 4) is 0 Å². The molecule has 0 aromatic carbocycles. The van der Waals surface area contributed by atoms with Crippen molar-refractivity contribution in [3.05, 3.63) is 22.4 Å². The van der Waals surface area contributed by atoms with Crippen molar-refractivity contribution in [2.75, 3.05) is 6.54 Å². The Hall–Kier alpha value is -0.340. The van der Waals surface area contributed by atoms with Gasteiger partial charge in [0.15, 0.2) is 0 Å². The molecule has 0 bridgehead atoms. The third-order valence-electron chi connectivity index (χ3n) is 3.81. The van der Waals surface area contributed by atoms with Crippen LogP contribution in [0, 0.1) is 11.8 Å². The van der Waals surface area contributed by atoms with Crippen LogP contribution in [0.25, 0.3) is 0 Å². The largest absolute Gasteiger partial charge is 0.309 e. The van der Waals surface area contributed by atoms with E-state index in [-0.39, 0.29) is 0 Å². The van der Waals surface area contributed by atoms with Crippen molar-refractivity contribution in [2.24, 2.45) is 11.8 Å². The number of hydrogen-bond acceptors (Lipinski definition) is 2. The van der Waals surface area contributed by atoms with Crippen molar-refractivity contribution in [3.63, 3.8) is 0 Å². The van der Waals surface area contributed by atoms with Crippen LogP contribution in [0.4, 0.5) is 0 Å². The Morgan fingerprint density at radius 3 is 2.71 bits per heavy atom. The van der Waals surface area contributed by atoms with Gasteiger partial charge in [-0.3, -0.25) is 0 Å². The third kappa shape index (κ3) is 3.82. The molecule has 0 saturated heterocycles. The average Bonchev–Trinajstić information content (AvgIpc) is 2.97. The third-order valence-corrected chi connectivity index (χ3v) is 4.76. The lowest BCUT2D eigenvalue weighted by Gasteiger charge is -2.24. The highest BCUT2D eigenvalue weighted by molar-refractivity contribution is 7.10. The van der Waals surface area contributed by atoms with Crippen LogP contribution in [0.5, 0.6) is 0 Å². The van der Waals surface area contributed by atoms with E-state index in [9.17, 15) is 0 Å². The summed E-state index contributed by atoms with van der Waals surface area (Å²) in [6, 6.07) is 5.11. The molecular weight excluding hydrogens is 226 g/mol. The average molecular weight is 251 g/mol. The molecule has 0 amide bonds. The Morgan fingerprint density at radius 2 is 2.12 bits per heavy atom. The summed E-state index contributed by atoms with van der Waals surface area (Å²) >= 11 is 1.91. The second kappa shape index (κ2) is 6.55. The van der Waals surface area contributed by atoms with Crippen molar-refractivity contribution in [1.82, 2.24) is 5.32 Å². The molecular formula is C15H25NS. The van der Waals surface area contributed by atoms with E-state index in [1.54, 1.807) is 4.88 Å². The monoisotopic (exact) mass is 251 g/mol. The number of thiophene rings is 1. The first-order valence-electron chi connectivity index (χ1n) is 7.04. The molecule has 1 unspecified atom stereocenters. The summed E-state index contributed by atoms with van der Waals surface area (Å²) in [6.45, 7) is 5.77. The van der Waals surface area contributed by atoms with Crippen molar-refractivity contribution < 1.29 is 0 Å². The van der Waals surface area contributed by atoms with Crippen LogP contribution >= 0.6 is 11.3 Å². The molecule has 1 aromatic rings. The van der Waals surface area contributed by atoms with Gasteiger partial charge in [-0.1, -0.05) is 32.8 Å². The van der Waals surface area contributed by atoms with Gasteiger partial charge >= 0.3 is 0 Å². The molecule has 2 rings (SSSR count). The van der Waals surface area contributed by atoms with Gasteiger partial charge in [-0.25, -0.2) is 0 Å². The van der Waals surface area contributed by atoms with Gasteiger partial charge < -0.3 is 5.32 Å². The van der Waals surface area contributed by atoms with E-state index >= 15 is 0 Å². The topological polar surface area (TPSA) is 12.0 Å². The predicted octanol–water partition coefficient (Wildman–Crippen LogP) is 4.62. The van der Waals surface area contributed by atoms with Crippen LogP contribution in [-0.2, 0) is 0 Å². The Morgan fingerprint density at radius 1 is 1.35 bits per heavy atom. The van der Waals surface area contributed by atoms with Gasteiger partial charge in [0.2, 0.25) is 0 Å². The summed E-state index contributed by atoms with van der Waals surface area (Å²) in [5.74, 6) is 1.68. The van der Waals surface area contributed by atoms with Gasteiger partial charge in [-0.2, -0.15) is 0 Å². The maximum absolute atomic E-state index is 3.81. The summed E-state index contributed by atoms with van der Waals surface area (Å²) in [5, 5.41) is 6.02. The lowest BCUT2D eigenvalue weighted by atomic mass is 9.96. The molecule has 1 N–H and O–H groups in total. The van der Waals surface area contributed by atoms with Crippen LogP contribution in [0.2, 0.25) is 0 Å². The molecule has 1 saturated carbocycles. The van der Waals surface area contributed by atoms with Gasteiger partial charge in [0.05, 0.1) is 0 Å². The van der Waals surface area contributed by atoms with E-state index in [4.69, 9.17) is 0 Å². The van der Waals surface area contributed by atoms with E-state index in [1.165, 1.54) is 32.1 Å². The summed E-state index contributed by atoms with van der Waals surface area (Å²) in [5.41, 5.74) is 0. The van der Waals surface area contributed by atoms with Crippen LogP contribution < -0.4 is 5.32 Å². The highest BCUT2D eigenvalue weighted by Gasteiger charge is 2.26. The fourth-order valence-electron chi connectivity index (χ4n) is 2.79. The zero-order chi connectivity index (χ0) is 12.1. The van der Waals surface area contributed by atoms with E-state index in [1.807, 2.05) is 11.3 Å². The Labute approximate surface area is 110 Å². The molecule has 1 fully saturated rings. The summed E-state index contributed by atoms with van der Waals surface area (Å²) in [6.07, 6.45) is 6.97. The highest BCUT2D eigenvalue weighted by Crippen LogP contribution is 2.37. The standard InChI is InChI=1S/C15H25NS/c1-12(2)9-10-16-15(13-6-3-4-7-13)14-8-5-11-17-14/h5,8,11-13,15-16H,3-4,6-7,9-10H2,1-2H3. The molecule has 1 aliphatic rings. The van der Waals surface area contributed by atoms with Crippen LogP contribution in [0.3, 0.4) is 0 Å². The highest BCUT2D eigenvalue weighted by atomic mass is 32.1. The number of hydrogen-bond donors (Lipinski definition) is 1. The summed E-state index contributed by atoms with van der Waals surface area (Å²) in [4.78, 5) is 1.54. The Balaban J connectivity index is 1.92. The minimum Gasteiger partial charge on any atom is -0.309 e. The first-order valence-corrected chi connectivity index (χ1v) is 7.92. The first-order chi connectivity index (χ1) is 8.27. The number of nitrogens with one attached hydrogen (secondary N) is 1. The lowest BCUT2D eigenvalue weighted by molar-refractivity contribution is 0.361. The van der Waals surface area contributed by atoms with Gasteiger partial charge in [0.25, 0.3) is 0 Å². The van der Waals surface area contributed by atoms with Crippen molar-refractivity contribution >= 4 is 11.3 Å². The molecule has 0 radical (unpaired) electrons. The maximum atomic E-state index is 3.81. The smallest absolute Gasteiger partial charge is 0.0443 e. The van der Waals surface area contributed by atoms with Gasteiger partial charge in [-0.05, 0) is 49.1 Å². The normalized spacial score (nSPS) is 19.0. The van der Waals surface area contributed by atoms with Crippen LogP contribution in [0.15, 0.2) is 17.5 Å². The van der Waals surface area contributed by atoms with Gasteiger partial charge in [0, 0.05) is 10.9 Å². The zero-order valence-corrected chi connectivity index (χ0v) is 11.9. The molecule has 96 valence electrons. The lowest BCUT2D eigenvalue weighted by Crippen LogP contribution is -2.28. The first kappa shape index (κ1) is 13.1. The zero-order valence-electron chi connectivity index (χ0n) is 11.1. The van der Waals surface area contributed by atoms with Crippen LogP contribution in [-0.4, -0.2) is 6.54 Å². The number of rotatable bonds is 6. The molecule has 1 heterocycles. The van der Waals surface area contributed by atoms with Gasteiger partial charge in [-0.15, -0.1) is 11.3 Å². The second-order valence-corrected chi connectivity index (χ2v) is 6.65. The Bertz CT molecular complexity index is 299. The molecule has 0 spiro atoms. The van der Waals surface area contributed by atoms with Crippen molar-refractivity contribution in [1.29, 1.82) is 0 Å². The summed E-state index contributed by atoms with van der Waals surface area (Å²) < 4.78 is 0. The van der Waals surface area contributed by atoms with Gasteiger partial charge in [0.1, 0.15) is 0 Å². The quantitative estimate of drug-likeness (QED) is 0.778. The summed E-state index contributed by atoms with van der Waals surface area (Å²) in [7, 11) is 0. The van der Waals surface area contributed by atoms with E-state index in [0.717, 1.165) is 18.4 Å².